The largest absolute Gasteiger partial charge is 0.302 e. The van der Waals surface area contributed by atoms with Gasteiger partial charge in [0, 0.05) is 18.5 Å². The maximum atomic E-state index is 11.4. The molecule has 1 heterocycles. The maximum Gasteiger partial charge on any atom is 0.136 e. The fourth-order valence-electron chi connectivity index (χ4n) is 2.22. The Hall–Kier alpha value is -0.370. The normalized spacial score (nSPS) is 23.7. The van der Waals surface area contributed by atoms with E-state index in [0.717, 1.165) is 18.4 Å². The van der Waals surface area contributed by atoms with Crippen molar-refractivity contribution in [2.75, 3.05) is 19.6 Å². The second-order valence-corrected chi connectivity index (χ2v) is 5.97. The average molecular weight is 211 g/mol. The number of rotatable bonds is 4. The number of Topliss-reactive ketones (excluding diaryl/α,β-unsaturated/α-hetero) is 1. The monoisotopic (exact) mass is 211 g/mol. The first-order valence-corrected chi connectivity index (χ1v) is 6.06. The van der Waals surface area contributed by atoms with Crippen molar-refractivity contribution < 1.29 is 4.79 Å². The topological polar surface area (TPSA) is 20.3 Å². The number of carbonyl (C=O) groups is 1. The average Bonchev–Trinajstić information content (AvgIpc) is 2.51. The van der Waals surface area contributed by atoms with Crippen molar-refractivity contribution >= 4 is 5.78 Å². The van der Waals surface area contributed by atoms with Crippen molar-refractivity contribution in [3.05, 3.63) is 0 Å². The van der Waals surface area contributed by atoms with E-state index in [1.54, 1.807) is 6.92 Å². The third-order valence-electron chi connectivity index (χ3n) is 3.82. The first-order valence-electron chi connectivity index (χ1n) is 6.06. The van der Waals surface area contributed by atoms with Gasteiger partial charge in [0.25, 0.3) is 0 Å². The summed E-state index contributed by atoms with van der Waals surface area (Å²) >= 11 is 0. The minimum atomic E-state index is -0.175. The van der Waals surface area contributed by atoms with Gasteiger partial charge in [-0.2, -0.15) is 0 Å². The van der Waals surface area contributed by atoms with Crippen LogP contribution in [-0.4, -0.2) is 30.3 Å². The summed E-state index contributed by atoms with van der Waals surface area (Å²) in [5.74, 6) is 1.90. The number of carbonyl (C=O) groups excluding carboxylic acids is 1. The molecule has 0 amide bonds. The Balaban J connectivity index is 2.46. The van der Waals surface area contributed by atoms with Crippen molar-refractivity contribution in [3.8, 4) is 0 Å². The predicted octanol–water partition coefficient (Wildman–Crippen LogP) is 2.58. The smallest absolute Gasteiger partial charge is 0.136 e. The van der Waals surface area contributed by atoms with E-state index in [-0.39, 0.29) is 5.41 Å². The first-order chi connectivity index (χ1) is 6.83. The fraction of sp³-hybridized carbons (Fsp3) is 0.923. The second-order valence-electron chi connectivity index (χ2n) is 5.97. The zero-order valence-electron chi connectivity index (χ0n) is 10.8. The molecule has 0 spiro atoms. The summed E-state index contributed by atoms with van der Waals surface area (Å²) in [4.78, 5) is 13.9. The molecule has 0 N–H and O–H groups in total. The van der Waals surface area contributed by atoms with Crippen LogP contribution in [0.25, 0.3) is 0 Å². The molecule has 1 saturated heterocycles. The molecule has 1 rings (SSSR count). The third-order valence-corrected chi connectivity index (χ3v) is 3.82. The van der Waals surface area contributed by atoms with E-state index in [1.807, 2.05) is 0 Å². The Morgan fingerprint density at radius 1 is 1.47 bits per heavy atom. The van der Waals surface area contributed by atoms with E-state index in [1.165, 1.54) is 19.5 Å². The Labute approximate surface area is 94.0 Å². The number of nitrogens with zero attached hydrogens (tertiary/aromatic N) is 1. The molecule has 0 aliphatic carbocycles. The molecule has 0 radical (unpaired) electrons. The summed E-state index contributed by atoms with van der Waals surface area (Å²) < 4.78 is 0. The molecule has 1 atom stereocenters. The lowest BCUT2D eigenvalue weighted by atomic mass is 9.88. The highest BCUT2D eigenvalue weighted by molar-refractivity contribution is 5.81. The maximum absolute atomic E-state index is 11.4. The zero-order valence-corrected chi connectivity index (χ0v) is 10.8. The van der Waals surface area contributed by atoms with Gasteiger partial charge in [0.1, 0.15) is 5.78 Å². The van der Waals surface area contributed by atoms with Gasteiger partial charge in [0.2, 0.25) is 0 Å². The van der Waals surface area contributed by atoms with Crippen molar-refractivity contribution in [3.63, 3.8) is 0 Å². The van der Waals surface area contributed by atoms with E-state index in [2.05, 4.69) is 32.6 Å². The number of hydrogen-bond acceptors (Lipinski definition) is 2. The predicted molar refractivity (Wildman–Crippen MR) is 63.8 cm³/mol. The SMILES string of the molecule is CC(=O)C(C)(C)CN1CCC(C(C)C)C1. The summed E-state index contributed by atoms with van der Waals surface area (Å²) in [7, 11) is 0. The summed E-state index contributed by atoms with van der Waals surface area (Å²) in [6.07, 6.45) is 1.30. The molecule has 1 fully saturated rings. The van der Waals surface area contributed by atoms with E-state index in [9.17, 15) is 4.79 Å². The van der Waals surface area contributed by atoms with Crippen molar-refractivity contribution in [1.82, 2.24) is 4.90 Å². The fourth-order valence-corrected chi connectivity index (χ4v) is 2.22. The second kappa shape index (κ2) is 4.65. The van der Waals surface area contributed by atoms with Crippen LogP contribution in [-0.2, 0) is 4.79 Å². The number of hydrogen-bond donors (Lipinski definition) is 0. The Bertz CT molecular complexity index is 233. The van der Waals surface area contributed by atoms with Crippen LogP contribution in [0.1, 0.15) is 41.0 Å². The van der Waals surface area contributed by atoms with Gasteiger partial charge < -0.3 is 4.90 Å². The molecule has 0 saturated carbocycles. The minimum Gasteiger partial charge on any atom is -0.302 e. The van der Waals surface area contributed by atoms with Gasteiger partial charge in [-0.15, -0.1) is 0 Å². The minimum absolute atomic E-state index is 0.175. The molecule has 15 heavy (non-hydrogen) atoms. The van der Waals surface area contributed by atoms with Crippen LogP contribution in [0.5, 0.6) is 0 Å². The molecule has 0 aromatic heterocycles. The van der Waals surface area contributed by atoms with E-state index in [4.69, 9.17) is 0 Å². The van der Waals surface area contributed by atoms with Crippen LogP contribution in [0.2, 0.25) is 0 Å². The van der Waals surface area contributed by atoms with Gasteiger partial charge in [0.15, 0.2) is 0 Å². The van der Waals surface area contributed by atoms with E-state index in [0.29, 0.717) is 5.78 Å². The highest BCUT2D eigenvalue weighted by Crippen LogP contribution is 2.27. The lowest BCUT2D eigenvalue weighted by Gasteiger charge is -2.28. The molecular weight excluding hydrogens is 186 g/mol. The van der Waals surface area contributed by atoms with Crippen LogP contribution in [0, 0.1) is 17.3 Å². The molecule has 2 heteroatoms. The van der Waals surface area contributed by atoms with Gasteiger partial charge in [-0.05, 0) is 31.7 Å². The molecule has 88 valence electrons. The highest BCUT2D eigenvalue weighted by Gasteiger charge is 2.31. The summed E-state index contributed by atoms with van der Waals surface area (Å²) in [5.41, 5.74) is -0.175. The van der Waals surface area contributed by atoms with Gasteiger partial charge in [-0.1, -0.05) is 27.7 Å². The van der Waals surface area contributed by atoms with Crippen molar-refractivity contribution in [2.45, 2.75) is 41.0 Å². The molecule has 1 unspecified atom stereocenters. The Morgan fingerprint density at radius 2 is 2.07 bits per heavy atom. The van der Waals surface area contributed by atoms with Crippen LogP contribution in [0.3, 0.4) is 0 Å². The van der Waals surface area contributed by atoms with Crippen LogP contribution in [0.15, 0.2) is 0 Å². The molecule has 2 nitrogen and oxygen atoms in total. The zero-order chi connectivity index (χ0) is 11.6. The summed E-state index contributed by atoms with van der Waals surface area (Å²) in [6, 6.07) is 0. The van der Waals surface area contributed by atoms with Crippen LogP contribution in [0.4, 0.5) is 0 Å². The number of likely N-dealkylation sites (tertiary alicyclic amines) is 1. The van der Waals surface area contributed by atoms with Crippen molar-refractivity contribution in [1.29, 1.82) is 0 Å². The lowest BCUT2D eigenvalue weighted by molar-refractivity contribution is -0.125. The Kier molecular flexibility index (Phi) is 3.93. The van der Waals surface area contributed by atoms with E-state index < -0.39 is 0 Å². The van der Waals surface area contributed by atoms with Gasteiger partial charge >= 0.3 is 0 Å². The van der Waals surface area contributed by atoms with Gasteiger partial charge in [-0.3, -0.25) is 4.79 Å². The summed E-state index contributed by atoms with van der Waals surface area (Å²) in [6.45, 7) is 13.7. The third kappa shape index (κ3) is 3.30. The molecule has 0 aromatic carbocycles. The molecule has 1 aliphatic rings. The standard InChI is InChI=1S/C13H25NO/c1-10(2)12-6-7-14(8-12)9-13(4,5)11(3)15/h10,12H,6-9H2,1-5H3. The lowest BCUT2D eigenvalue weighted by Crippen LogP contribution is -2.37. The van der Waals surface area contributed by atoms with E-state index >= 15 is 0 Å². The molecule has 0 aromatic rings. The Morgan fingerprint density at radius 3 is 2.47 bits per heavy atom. The van der Waals surface area contributed by atoms with Gasteiger partial charge in [0.05, 0.1) is 0 Å². The van der Waals surface area contributed by atoms with Gasteiger partial charge in [-0.25, -0.2) is 0 Å². The summed E-state index contributed by atoms with van der Waals surface area (Å²) in [5, 5.41) is 0. The van der Waals surface area contributed by atoms with Crippen molar-refractivity contribution in [2.24, 2.45) is 17.3 Å². The first kappa shape index (κ1) is 12.7. The van der Waals surface area contributed by atoms with Crippen LogP contribution < -0.4 is 0 Å². The van der Waals surface area contributed by atoms with Crippen LogP contribution >= 0.6 is 0 Å². The molecule has 1 aliphatic heterocycles. The highest BCUT2D eigenvalue weighted by atomic mass is 16.1. The number of ketones is 1. The quantitative estimate of drug-likeness (QED) is 0.712. The molecule has 0 bridgehead atoms. The molecular formula is C13H25NO.